The van der Waals surface area contributed by atoms with E-state index in [1.54, 1.807) is 4.68 Å². The van der Waals surface area contributed by atoms with Gasteiger partial charge >= 0.3 is 0 Å². The summed E-state index contributed by atoms with van der Waals surface area (Å²) in [6.45, 7) is 2.75. The number of aryl methyl sites for hydroxylation is 2. The van der Waals surface area contributed by atoms with Crippen LogP contribution in [0.4, 0.5) is 5.13 Å². The first-order valence-corrected chi connectivity index (χ1v) is 6.17. The number of anilines is 1. The molecule has 0 radical (unpaired) electrons. The number of hydrogen-bond acceptors (Lipinski definition) is 5. The maximum atomic E-state index is 9.15. The summed E-state index contributed by atoms with van der Waals surface area (Å²) in [4.78, 5) is 7.43. The highest BCUT2D eigenvalue weighted by Crippen LogP contribution is 2.26. The molecule has 0 fully saturated rings. The predicted octanol–water partition coefficient (Wildman–Crippen LogP) is 1.31. The summed E-state index contributed by atoms with van der Waals surface area (Å²) in [5.41, 5.74) is 2.05. The lowest BCUT2D eigenvalue weighted by molar-refractivity contribution is 0.284. The summed E-state index contributed by atoms with van der Waals surface area (Å²) in [6, 6.07) is 0. The van der Waals surface area contributed by atoms with Crippen LogP contribution in [0.1, 0.15) is 16.1 Å². The van der Waals surface area contributed by atoms with Crippen LogP contribution in [-0.2, 0) is 20.2 Å². The molecule has 0 aliphatic carbocycles. The quantitative estimate of drug-likeness (QED) is 0.891. The van der Waals surface area contributed by atoms with Crippen molar-refractivity contribution >= 4 is 16.5 Å². The van der Waals surface area contributed by atoms with E-state index >= 15 is 0 Å². The molecule has 0 aliphatic rings. The average Bonchev–Trinajstić information content (AvgIpc) is 2.85. The van der Waals surface area contributed by atoms with Crippen LogP contribution in [0, 0.1) is 6.92 Å². The van der Waals surface area contributed by atoms with Crippen LogP contribution in [0.3, 0.4) is 0 Å². The van der Waals surface area contributed by atoms with E-state index in [4.69, 9.17) is 5.11 Å². The van der Waals surface area contributed by atoms with Gasteiger partial charge in [0, 0.05) is 32.4 Å². The molecule has 2 aromatic heterocycles. The molecule has 0 atom stereocenters. The zero-order valence-electron chi connectivity index (χ0n) is 10.2. The molecule has 92 valence electrons. The minimum atomic E-state index is 0.0598. The van der Waals surface area contributed by atoms with Crippen molar-refractivity contribution in [3.05, 3.63) is 28.5 Å². The topological polar surface area (TPSA) is 54.2 Å². The van der Waals surface area contributed by atoms with E-state index in [2.05, 4.69) is 15.0 Å². The largest absolute Gasteiger partial charge is 0.391 e. The van der Waals surface area contributed by atoms with Crippen LogP contribution in [0.5, 0.6) is 0 Å². The third-order valence-electron chi connectivity index (χ3n) is 2.53. The molecule has 17 heavy (non-hydrogen) atoms. The first-order valence-electron chi connectivity index (χ1n) is 5.36. The molecule has 1 N–H and O–H groups in total. The summed E-state index contributed by atoms with van der Waals surface area (Å²) >= 11 is 1.53. The smallest absolute Gasteiger partial charge is 0.185 e. The Bertz CT molecular complexity index is 505. The summed E-state index contributed by atoms with van der Waals surface area (Å²) in [5.74, 6) is 0. The standard InChI is InChI=1S/C11H16N4OS/c1-8-10(7-16)17-11(13-8)14(2)5-9-4-12-15(3)6-9/h4,6,16H,5,7H2,1-3H3. The lowest BCUT2D eigenvalue weighted by Crippen LogP contribution is -2.15. The molecule has 2 rings (SSSR count). The van der Waals surface area contributed by atoms with Gasteiger partial charge in [-0.15, -0.1) is 0 Å². The fraction of sp³-hybridized carbons (Fsp3) is 0.455. The third kappa shape index (κ3) is 2.65. The van der Waals surface area contributed by atoms with Crippen molar-refractivity contribution in [2.24, 2.45) is 7.05 Å². The molecule has 0 aliphatic heterocycles. The second-order valence-electron chi connectivity index (χ2n) is 4.04. The molecule has 2 heterocycles. The number of hydrogen-bond donors (Lipinski definition) is 1. The normalized spacial score (nSPS) is 10.8. The van der Waals surface area contributed by atoms with Crippen molar-refractivity contribution in [1.82, 2.24) is 14.8 Å². The fourth-order valence-corrected chi connectivity index (χ4v) is 2.50. The van der Waals surface area contributed by atoms with Crippen LogP contribution in [0.25, 0.3) is 0 Å². The Kier molecular flexibility index (Phi) is 3.44. The molecule has 0 saturated heterocycles. The number of aromatic nitrogens is 3. The van der Waals surface area contributed by atoms with Crippen molar-refractivity contribution in [3.8, 4) is 0 Å². The average molecular weight is 252 g/mol. The van der Waals surface area contributed by atoms with Gasteiger partial charge in [0.1, 0.15) is 0 Å². The molecule has 2 aromatic rings. The lowest BCUT2D eigenvalue weighted by Gasteiger charge is -2.13. The Balaban J connectivity index is 2.11. The van der Waals surface area contributed by atoms with Gasteiger partial charge in [0.2, 0.25) is 0 Å². The maximum absolute atomic E-state index is 9.15. The molecular weight excluding hydrogens is 236 g/mol. The first kappa shape index (κ1) is 12.1. The van der Waals surface area contributed by atoms with Gasteiger partial charge in [0.15, 0.2) is 5.13 Å². The summed E-state index contributed by atoms with van der Waals surface area (Å²) in [5, 5.41) is 14.2. The van der Waals surface area contributed by atoms with Crippen LogP contribution in [-0.4, -0.2) is 26.9 Å². The predicted molar refractivity (Wildman–Crippen MR) is 68.1 cm³/mol. The van der Waals surface area contributed by atoms with Gasteiger partial charge in [-0.25, -0.2) is 4.98 Å². The second kappa shape index (κ2) is 4.85. The van der Waals surface area contributed by atoms with E-state index in [1.165, 1.54) is 11.3 Å². The Hall–Kier alpha value is -1.40. The molecular formula is C11H16N4OS. The van der Waals surface area contributed by atoms with Gasteiger partial charge < -0.3 is 10.0 Å². The maximum Gasteiger partial charge on any atom is 0.185 e. The van der Waals surface area contributed by atoms with Crippen molar-refractivity contribution in [2.45, 2.75) is 20.1 Å². The van der Waals surface area contributed by atoms with E-state index in [0.29, 0.717) is 0 Å². The Morgan fingerprint density at radius 1 is 1.53 bits per heavy atom. The highest BCUT2D eigenvalue weighted by Gasteiger charge is 2.11. The van der Waals surface area contributed by atoms with Crippen LogP contribution in [0.15, 0.2) is 12.4 Å². The van der Waals surface area contributed by atoms with E-state index in [-0.39, 0.29) is 6.61 Å². The number of thiazole rings is 1. The molecule has 6 heteroatoms. The fourth-order valence-electron chi connectivity index (χ4n) is 1.62. The Labute approximate surface area is 104 Å². The minimum absolute atomic E-state index is 0.0598. The van der Waals surface area contributed by atoms with Crippen molar-refractivity contribution in [2.75, 3.05) is 11.9 Å². The zero-order chi connectivity index (χ0) is 12.4. The number of rotatable bonds is 4. The third-order valence-corrected chi connectivity index (χ3v) is 3.79. The number of aliphatic hydroxyl groups is 1. The van der Waals surface area contributed by atoms with Gasteiger partial charge in [-0.2, -0.15) is 5.10 Å². The molecule has 0 saturated carbocycles. The SMILES string of the molecule is Cc1nc(N(C)Cc2cnn(C)c2)sc1CO. The van der Waals surface area contributed by atoms with Crippen molar-refractivity contribution in [1.29, 1.82) is 0 Å². The molecule has 0 bridgehead atoms. The summed E-state index contributed by atoms with van der Waals surface area (Å²) < 4.78 is 1.79. The lowest BCUT2D eigenvalue weighted by atomic mass is 10.3. The second-order valence-corrected chi connectivity index (χ2v) is 5.10. The number of nitrogens with zero attached hydrogens (tertiary/aromatic N) is 4. The molecule has 5 nitrogen and oxygen atoms in total. The highest BCUT2D eigenvalue weighted by atomic mass is 32.1. The van der Waals surface area contributed by atoms with E-state index in [1.807, 2.05) is 33.4 Å². The van der Waals surface area contributed by atoms with Gasteiger partial charge in [-0.1, -0.05) is 11.3 Å². The van der Waals surface area contributed by atoms with Gasteiger partial charge in [-0.05, 0) is 6.92 Å². The molecule has 0 aromatic carbocycles. The molecule has 0 spiro atoms. The molecule has 0 unspecified atom stereocenters. The Morgan fingerprint density at radius 2 is 2.29 bits per heavy atom. The molecule has 0 amide bonds. The van der Waals surface area contributed by atoms with E-state index in [9.17, 15) is 0 Å². The highest BCUT2D eigenvalue weighted by molar-refractivity contribution is 7.15. The zero-order valence-corrected chi connectivity index (χ0v) is 11.0. The van der Waals surface area contributed by atoms with Crippen LogP contribution >= 0.6 is 11.3 Å². The first-order chi connectivity index (χ1) is 8.10. The van der Waals surface area contributed by atoms with Gasteiger partial charge in [-0.3, -0.25) is 4.68 Å². The number of aliphatic hydroxyl groups excluding tert-OH is 1. The van der Waals surface area contributed by atoms with Gasteiger partial charge in [0.05, 0.1) is 23.4 Å². The monoisotopic (exact) mass is 252 g/mol. The van der Waals surface area contributed by atoms with Crippen LogP contribution < -0.4 is 4.90 Å². The van der Waals surface area contributed by atoms with E-state index in [0.717, 1.165) is 27.8 Å². The van der Waals surface area contributed by atoms with Crippen molar-refractivity contribution < 1.29 is 5.11 Å². The summed E-state index contributed by atoms with van der Waals surface area (Å²) in [6.07, 6.45) is 3.84. The summed E-state index contributed by atoms with van der Waals surface area (Å²) in [7, 11) is 3.90. The Morgan fingerprint density at radius 3 is 2.82 bits per heavy atom. The minimum Gasteiger partial charge on any atom is -0.391 e. The van der Waals surface area contributed by atoms with Crippen molar-refractivity contribution in [3.63, 3.8) is 0 Å². The van der Waals surface area contributed by atoms with Crippen LogP contribution in [0.2, 0.25) is 0 Å². The van der Waals surface area contributed by atoms with E-state index < -0.39 is 0 Å². The van der Waals surface area contributed by atoms with Gasteiger partial charge in [0.25, 0.3) is 0 Å².